The molecule has 0 aliphatic rings. The predicted molar refractivity (Wildman–Crippen MR) is 79.0 cm³/mol. The zero-order chi connectivity index (χ0) is 17.0. The number of rotatable bonds is 4. The number of hydrogen-bond acceptors (Lipinski definition) is 3. The molecule has 0 aliphatic heterocycles. The Bertz CT molecular complexity index is 661. The molecule has 0 aromatic heterocycles. The summed E-state index contributed by atoms with van der Waals surface area (Å²) in [4.78, 5) is 11.5. The largest absolute Gasteiger partial charge is 0.573 e. The van der Waals surface area contributed by atoms with Gasteiger partial charge in [0, 0.05) is 0 Å². The van der Waals surface area contributed by atoms with Crippen molar-refractivity contribution in [1.82, 2.24) is 0 Å². The number of carbonyl (C=O) groups excluding carboxylic acids is 1. The Hall–Kier alpha value is -2.50. The van der Waals surface area contributed by atoms with Crippen LogP contribution in [-0.2, 0) is 9.53 Å². The van der Waals surface area contributed by atoms with Gasteiger partial charge < -0.3 is 9.47 Å². The first-order valence-electron chi connectivity index (χ1n) is 6.84. The molecule has 3 nitrogen and oxygen atoms in total. The van der Waals surface area contributed by atoms with E-state index in [2.05, 4.69) is 9.47 Å². The van der Waals surface area contributed by atoms with E-state index in [9.17, 15) is 18.0 Å². The van der Waals surface area contributed by atoms with Crippen molar-refractivity contribution in [3.05, 3.63) is 54.1 Å². The van der Waals surface area contributed by atoms with Crippen LogP contribution in [0.3, 0.4) is 0 Å². The van der Waals surface area contributed by atoms with Gasteiger partial charge in [0.25, 0.3) is 0 Å². The molecule has 1 atom stereocenters. The van der Waals surface area contributed by atoms with E-state index >= 15 is 0 Å². The summed E-state index contributed by atoms with van der Waals surface area (Å²) in [7, 11) is 1.33. The Morgan fingerprint density at radius 2 is 1.43 bits per heavy atom. The minimum absolute atomic E-state index is 0.266. The predicted octanol–water partition coefficient (Wildman–Crippen LogP) is 4.53. The van der Waals surface area contributed by atoms with E-state index in [1.165, 1.54) is 19.2 Å². The molecule has 0 aliphatic carbocycles. The molecule has 0 bridgehead atoms. The highest BCUT2D eigenvalue weighted by Gasteiger charge is 2.30. The van der Waals surface area contributed by atoms with Crippen molar-refractivity contribution in [2.45, 2.75) is 19.2 Å². The van der Waals surface area contributed by atoms with Gasteiger partial charge in [-0.1, -0.05) is 36.4 Å². The monoisotopic (exact) mass is 324 g/mol. The SMILES string of the molecule is COC(=O)C(C)c1ccc(-c2ccc(OC(F)(F)F)cc2)cc1. The molecule has 0 radical (unpaired) electrons. The van der Waals surface area contributed by atoms with Crippen LogP contribution in [0.2, 0.25) is 0 Å². The number of benzene rings is 2. The molecule has 122 valence electrons. The second-order valence-corrected chi connectivity index (χ2v) is 4.94. The van der Waals surface area contributed by atoms with Crippen molar-refractivity contribution in [3.63, 3.8) is 0 Å². The van der Waals surface area contributed by atoms with E-state index in [4.69, 9.17) is 0 Å². The van der Waals surface area contributed by atoms with Gasteiger partial charge in [-0.05, 0) is 35.7 Å². The quantitative estimate of drug-likeness (QED) is 0.775. The zero-order valence-corrected chi connectivity index (χ0v) is 12.6. The molecule has 2 aromatic rings. The Labute approximate surface area is 131 Å². The molecule has 0 fully saturated rings. The highest BCUT2D eigenvalue weighted by molar-refractivity contribution is 5.78. The molecule has 0 amide bonds. The molecule has 0 spiro atoms. The lowest BCUT2D eigenvalue weighted by molar-refractivity contribution is -0.274. The smallest absolute Gasteiger partial charge is 0.469 e. The van der Waals surface area contributed by atoms with E-state index in [-0.39, 0.29) is 17.6 Å². The normalized spacial score (nSPS) is 12.6. The average Bonchev–Trinajstić information content (AvgIpc) is 2.53. The minimum atomic E-state index is -4.70. The van der Waals surface area contributed by atoms with E-state index in [0.29, 0.717) is 0 Å². The van der Waals surface area contributed by atoms with Gasteiger partial charge in [-0.25, -0.2) is 0 Å². The number of methoxy groups -OCH3 is 1. The number of carbonyl (C=O) groups is 1. The Kier molecular flexibility index (Phi) is 4.93. The van der Waals surface area contributed by atoms with Gasteiger partial charge in [0.15, 0.2) is 0 Å². The van der Waals surface area contributed by atoms with E-state index in [0.717, 1.165) is 16.7 Å². The third-order valence-electron chi connectivity index (χ3n) is 3.39. The van der Waals surface area contributed by atoms with Crippen LogP contribution in [0.4, 0.5) is 13.2 Å². The average molecular weight is 324 g/mol. The maximum atomic E-state index is 12.1. The molecule has 2 rings (SSSR count). The van der Waals surface area contributed by atoms with E-state index in [1.807, 2.05) is 0 Å². The summed E-state index contributed by atoms with van der Waals surface area (Å²) in [5.41, 5.74) is 2.37. The third kappa shape index (κ3) is 4.48. The van der Waals surface area contributed by atoms with Crippen molar-refractivity contribution in [2.75, 3.05) is 7.11 Å². The molecule has 0 heterocycles. The van der Waals surface area contributed by atoms with Crippen molar-refractivity contribution >= 4 is 5.97 Å². The maximum Gasteiger partial charge on any atom is 0.573 e. The fraction of sp³-hybridized carbons (Fsp3) is 0.235. The molecular weight excluding hydrogens is 309 g/mol. The van der Waals surface area contributed by atoms with E-state index < -0.39 is 6.36 Å². The second kappa shape index (κ2) is 6.73. The van der Waals surface area contributed by atoms with E-state index in [1.54, 1.807) is 43.3 Å². The van der Waals surface area contributed by atoms with Crippen LogP contribution in [0.1, 0.15) is 18.4 Å². The fourth-order valence-corrected chi connectivity index (χ4v) is 2.13. The summed E-state index contributed by atoms with van der Waals surface area (Å²) in [6.07, 6.45) is -4.70. The third-order valence-corrected chi connectivity index (χ3v) is 3.39. The number of alkyl halides is 3. The number of halogens is 3. The Morgan fingerprint density at radius 3 is 1.87 bits per heavy atom. The van der Waals surface area contributed by atoms with Crippen LogP contribution < -0.4 is 4.74 Å². The first-order valence-corrected chi connectivity index (χ1v) is 6.84. The lowest BCUT2D eigenvalue weighted by atomic mass is 9.97. The van der Waals surface area contributed by atoms with Gasteiger partial charge in [0.2, 0.25) is 0 Å². The van der Waals surface area contributed by atoms with Crippen LogP contribution in [0.5, 0.6) is 5.75 Å². The van der Waals surface area contributed by atoms with Crippen molar-refractivity contribution < 1.29 is 27.4 Å². The summed E-state index contributed by atoms with van der Waals surface area (Å²) in [5, 5.41) is 0. The molecule has 0 saturated heterocycles. The van der Waals surface area contributed by atoms with Gasteiger partial charge in [-0.15, -0.1) is 13.2 Å². The highest BCUT2D eigenvalue weighted by Crippen LogP contribution is 2.27. The lowest BCUT2D eigenvalue weighted by Gasteiger charge is -2.11. The number of esters is 1. The van der Waals surface area contributed by atoms with Gasteiger partial charge in [0.05, 0.1) is 13.0 Å². The molecule has 0 saturated carbocycles. The van der Waals surface area contributed by atoms with Crippen LogP contribution in [0.25, 0.3) is 11.1 Å². The Balaban J connectivity index is 2.15. The molecule has 23 heavy (non-hydrogen) atoms. The van der Waals surface area contributed by atoms with Crippen molar-refractivity contribution in [1.29, 1.82) is 0 Å². The summed E-state index contributed by atoms with van der Waals surface area (Å²) in [6, 6.07) is 12.8. The molecular formula is C17H15F3O3. The summed E-state index contributed by atoms with van der Waals surface area (Å²) in [5.74, 6) is -0.972. The molecule has 2 aromatic carbocycles. The lowest BCUT2D eigenvalue weighted by Crippen LogP contribution is -2.16. The number of ether oxygens (including phenoxy) is 2. The van der Waals surface area contributed by atoms with Crippen LogP contribution in [-0.4, -0.2) is 19.4 Å². The summed E-state index contributed by atoms with van der Waals surface area (Å²) >= 11 is 0. The Morgan fingerprint density at radius 1 is 0.957 bits per heavy atom. The fourth-order valence-electron chi connectivity index (χ4n) is 2.13. The first-order chi connectivity index (χ1) is 10.8. The van der Waals surface area contributed by atoms with Crippen molar-refractivity contribution in [2.24, 2.45) is 0 Å². The standard InChI is InChI=1S/C17H15F3O3/c1-11(16(21)22-2)12-3-5-13(6-4-12)14-7-9-15(10-8-14)23-17(18,19)20/h3-11H,1-2H3. The van der Waals surface area contributed by atoms with Gasteiger partial charge in [-0.2, -0.15) is 0 Å². The molecule has 0 N–H and O–H groups in total. The second-order valence-electron chi connectivity index (χ2n) is 4.94. The molecule has 1 unspecified atom stereocenters. The minimum Gasteiger partial charge on any atom is -0.469 e. The highest BCUT2D eigenvalue weighted by atomic mass is 19.4. The van der Waals surface area contributed by atoms with Crippen LogP contribution in [0.15, 0.2) is 48.5 Å². The summed E-state index contributed by atoms with van der Waals surface area (Å²) < 4.78 is 44.9. The van der Waals surface area contributed by atoms with Gasteiger partial charge >= 0.3 is 12.3 Å². The van der Waals surface area contributed by atoms with Gasteiger partial charge in [-0.3, -0.25) is 4.79 Å². The maximum absolute atomic E-state index is 12.1. The summed E-state index contributed by atoms with van der Waals surface area (Å²) in [6.45, 7) is 1.74. The van der Waals surface area contributed by atoms with Gasteiger partial charge in [0.1, 0.15) is 5.75 Å². The first kappa shape index (κ1) is 16.9. The van der Waals surface area contributed by atoms with Crippen molar-refractivity contribution in [3.8, 4) is 16.9 Å². The topological polar surface area (TPSA) is 35.5 Å². The van der Waals surface area contributed by atoms with Crippen LogP contribution >= 0.6 is 0 Å². The van der Waals surface area contributed by atoms with Crippen LogP contribution in [0, 0.1) is 0 Å². The molecule has 6 heteroatoms. The number of hydrogen-bond donors (Lipinski definition) is 0. The zero-order valence-electron chi connectivity index (χ0n) is 12.6.